The topological polar surface area (TPSA) is 80.2 Å². The zero-order valence-electron chi connectivity index (χ0n) is 14.8. The van der Waals surface area contributed by atoms with Crippen LogP contribution in [-0.4, -0.2) is 38.3 Å². The standard InChI is InChI=1S/C19H19N3O4/c1-12-5-4-6-15-17(19(24)22(2)18(12)15)21-20-16(23)11-26-14-9-7-13(25-3)8-10-14/h4-10H,11H2,1-3H3,(H,20,23)/b21-17+. The Hall–Kier alpha value is -3.35. The summed E-state index contributed by atoms with van der Waals surface area (Å²) in [5.41, 5.74) is 5.07. The van der Waals surface area contributed by atoms with E-state index >= 15 is 0 Å². The number of fused-ring (bicyclic) bond motifs is 1. The molecule has 0 fully saturated rings. The molecule has 7 nitrogen and oxygen atoms in total. The average Bonchev–Trinajstić information content (AvgIpc) is 2.90. The zero-order chi connectivity index (χ0) is 18.7. The lowest BCUT2D eigenvalue weighted by atomic mass is 10.1. The Morgan fingerprint density at radius 1 is 1.15 bits per heavy atom. The van der Waals surface area contributed by atoms with E-state index < -0.39 is 5.91 Å². The molecule has 0 aliphatic carbocycles. The summed E-state index contributed by atoms with van der Waals surface area (Å²) in [4.78, 5) is 25.9. The fourth-order valence-corrected chi connectivity index (χ4v) is 2.75. The Kier molecular flexibility index (Phi) is 4.88. The summed E-state index contributed by atoms with van der Waals surface area (Å²) in [6, 6.07) is 12.5. The predicted molar refractivity (Wildman–Crippen MR) is 97.8 cm³/mol. The van der Waals surface area contributed by atoms with Crippen molar-refractivity contribution >= 4 is 23.2 Å². The monoisotopic (exact) mass is 353 g/mol. The average molecular weight is 353 g/mol. The van der Waals surface area contributed by atoms with Gasteiger partial charge in [-0.2, -0.15) is 5.10 Å². The van der Waals surface area contributed by atoms with Crippen LogP contribution in [0, 0.1) is 6.92 Å². The van der Waals surface area contributed by atoms with Gasteiger partial charge in [-0.1, -0.05) is 18.2 Å². The molecule has 134 valence electrons. The minimum atomic E-state index is -0.454. The Morgan fingerprint density at radius 3 is 2.54 bits per heavy atom. The molecule has 0 radical (unpaired) electrons. The van der Waals surface area contributed by atoms with E-state index in [4.69, 9.17) is 9.47 Å². The molecule has 7 heteroatoms. The molecular formula is C19H19N3O4. The van der Waals surface area contributed by atoms with Crippen molar-refractivity contribution in [1.82, 2.24) is 5.43 Å². The van der Waals surface area contributed by atoms with Crippen LogP contribution in [0.5, 0.6) is 11.5 Å². The number of anilines is 1. The van der Waals surface area contributed by atoms with Gasteiger partial charge in [0.1, 0.15) is 11.5 Å². The molecule has 0 saturated carbocycles. The van der Waals surface area contributed by atoms with Crippen molar-refractivity contribution in [2.24, 2.45) is 5.10 Å². The van der Waals surface area contributed by atoms with E-state index in [0.717, 1.165) is 11.3 Å². The molecule has 2 amide bonds. The highest BCUT2D eigenvalue weighted by Gasteiger charge is 2.32. The molecule has 0 aromatic heterocycles. The van der Waals surface area contributed by atoms with Gasteiger partial charge in [0.15, 0.2) is 12.3 Å². The number of para-hydroxylation sites is 1. The second-order valence-electron chi connectivity index (χ2n) is 5.79. The minimum absolute atomic E-state index is 0.212. The number of hydrogen-bond acceptors (Lipinski definition) is 5. The van der Waals surface area contributed by atoms with Gasteiger partial charge >= 0.3 is 0 Å². The van der Waals surface area contributed by atoms with Gasteiger partial charge in [-0.05, 0) is 36.8 Å². The van der Waals surface area contributed by atoms with Crippen molar-refractivity contribution in [3.63, 3.8) is 0 Å². The molecule has 0 bridgehead atoms. The Morgan fingerprint density at radius 2 is 1.85 bits per heavy atom. The smallest absolute Gasteiger partial charge is 0.279 e. The van der Waals surface area contributed by atoms with Crippen molar-refractivity contribution in [3.05, 3.63) is 53.6 Å². The van der Waals surface area contributed by atoms with Crippen molar-refractivity contribution in [1.29, 1.82) is 0 Å². The number of aryl methyl sites for hydroxylation is 1. The fraction of sp³-hybridized carbons (Fsp3) is 0.211. The molecule has 0 atom stereocenters. The van der Waals surface area contributed by atoms with Crippen LogP contribution in [0.15, 0.2) is 47.6 Å². The number of rotatable bonds is 5. The summed E-state index contributed by atoms with van der Waals surface area (Å²) in [5, 5.41) is 4.00. The molecule has 26 heavy (non-hydrogen) atoms. The largest absolute Gasteiger partial charge is 0.497 e. The highest BCUT2D eigenvalue weighted by atomic mass is 16.5. The number of nitrogens with zero attached hydrogens (tertiary/aromatic N) is 2. The van der Waals surface area contributed by atoms with Crippen LogP contribution in [0.4, 0.5) is 5.69 Å². The van der Waals surface area contributed by atoms with E-state index in [0.29, 0.717) is 17.1 Å². The van der Waals surface area contributed by atoms with Crippen molar-refractivity contribution in [2.45, 2.75) is 6.92 Å². The second-order valence-corrected chi connectivity index (χ2v) is 5.79. The third kappa shape index (κ3) is 3.37. The van der Waals surface area contributed by atoms with Crippen LogP contribution in [0.1, 0.15) is 11.1 Å². The van der Waals surface area contributed by atoms with E-state index in [1.165, 1.54) is 4.90 Å². The van der Waals surface area contributed by atoms with Gasteiger partial charge in [-0.15, -0.1) is 0 Å². The number of likely N-dealkylation sites (N-methyl/N-ethyl adjacent to an activating group) is 1. The maximum atomic E-state index is 12.4. The number of amides is 2. The Bertz CT molecular complexity index is 875. The summed E-state index contributed by atoms with van der Waals surface area (Å²) in [5.74, 6) is 0.521. The van der Waals surface area contributed by atoms with Gasteiger partial charge in [0.2, 0.25) is 0 Å². The fourth-order valence-electron chi connectivity index (χ4n) is 2.75. The van der Waals surface area contributed by atoms with Crippen LogP contribution in [0.3, 0.4) is 0 Å². The number of hydrogen-bond donors (Lipinski definition) is 1. The molecule has 1 aliphatic rings. The number of hydrazone groups is 1. The maximum Gasteiger partial charge on any atom is 0.279 e. The Labute approximate surface area is 151 Å². The lowest BCUT2D eigenvalue weighted by Gasteiger charge is -2.11. The first kappa shape index (κ1) is 17.5. The lowest BCUT2D eigenvalue weighted by Crippen LogP contribution is -2.30. The van der Waals surface area contributed by atoms with Crippen LogP contribution in [0.2, 0.25) is 0 Å². The van der Waals surface area contributed by atoms with Gasteiger partial charge in [-0.3, -0.25) is 9.59 Å². The maximum absolute atomic E-state index is 12.4. The highest BCUT2D eigenvalue weighted by Crippen LogP contribution is 2.31. The van der Waals surface area contributed by atoms with Crippen molar-refractivity contribution in [2.75, 3.05) is 25.7 Å². The van der Waals surface area contributed by atoms with Gasteiger partial charge in [0.25, 0.3) is 11.8 Å². The van der Waals surface area contributed by atoms with E-state index in [9.17, 15) is 9.59 Å². The number of benzene rings is 2. The Balaban J connectivity index is 1.65. The molecule has 3 rings (SSSR count). The van der Waals surface area contributed by atoms with Gasteiger partial charge < -0.3 is 14.4 Å². The van der Waals surface area contributed by atoms with E-state index in [1.807, 2.05) is 25.1 Å². The molecule has 2 aromatic rings. The first-order valence-corrected chi connectivity index (χ1v) is 8.02. The third-order valence-electron chi connectivity index (χ3n) is 4.06. The lowest BCUT2D eigenvalue weighted by molar-refractivity contribution is -0.123. The van der Waals surface area contributed by atoms with Crippen LogP contribution >= 0.6 is 0 Å². The summed E-state index contributed by atoms with van der Waals surface area (Å²) >= 11 is 0. The predicted octanol–water partition coefficient (Wildman–Crippen LogP) is 1.88. The normalized spacial score (nSPS) is 14.3. The van der Waals surface area contributed by atoms with Gasteiger partial charge in [0.05, 0.1) is 12.8 Å². The number of carbonyl (C=O) groups excluding carboxylic acids is 2. The molecule has 2 aromatic carbocycles. The molecular weight excluding hydrogens is 334 g/mol. The third-order valence-corrected chi connectivity index (χ3v) is 4.06. The molecule has 1 N–H and O–H groups in total. The number of carbonyl (C=O) groups is 2. The van der Waals surface area contributed by atoms with Crippen LogP contribution in [0.25, 0.3) is 0 Å². The molecule has 1 heterocycles. The molecule has 1 aliphatic heterocycles. The quantitative estimate of drug-likeness (QED) is 0.833. The number of nitrogens with one attached hydrogen (secondary N) is 1. The summed E-state index contributed by atoms with van der Waals surface area (Å²) < 4.78 is 10.4. The summed E-state index contributed by atoms with van der Waals surface area (Å²) in [6.45, 7) is 1.71. The summed E-state index contributed by atoms with van der Waals surface area (Å²) in [7, 11) is 3.26. The van der Waals surface area contributed by atoms with Crippen LogP contribution in [-0.2, 0) is 9.59 Å². The van der Waals surface area contributed by atoms with Crippen molar-refractivity contribution < 1.29 is 19.1 Å². The van der Waals surface area contributed by atoms with Crippen molar-refractivity contribution in [3.8, 4) is 11.5 Å². The highest BCUT2D eigenvalue weighted by molar-refractivity contribution is 6.54. The molecule has 0 unspecified atom stereocenters. The molecule has 0 spiro atoms. The van der Waals surface area contributed by atoms with E-state index in [2.05, 4.69) is 10.5 Å². The minimum Gasteiger partial charge on any atom is -0.497 e. The zero-order valence-corrected chi connectivity index (χ0v) is 14.8. The van der Waals surface area contributed by atoms with E-state index in [1.54, 1.807) is 38.4 Å². The second kappa shape index (κ2) is 7.26. The SMILES string of the molecule is COc1ccc(OCC(=O)N/N=C2/C(=O)N(C)c3c(C)cccc32)cc1. The number of ether oxygens (including phenoxy) is 2. The summed E-state index contributed by atoms with van der Waals surface area (Å²) in [6.07, 6.45) is 0. The first-order chi connectivity index (χ1) is 12.5. The van der Waals surface area contributed by atoms with Crippen LogP contribution < -0.4 is 19.8 Å². The number of methoxy groups -OCH3 is 1. The van der Waals surface area contributed by atoms with Gasteiger partial charge in [0, 0.05) is 12.6 Å². The van der Waals surface area contributed by atoms with Gasteiger partial charge in [-0.25, -0.2) is 5.43 Å². The van der Waals surface area contributed by atoms with E-state index in [-0.39, 0.29) is 18.2 Å². The molecule has 0 saturated heterocycles. The first-order valence-electron chi connectivity index (χ1n) is 8.02.